The summed E-state index contributed by atoms with van der Waals surface area (Å²) in [6.07, 6.45) is 5.22. The normalized spacial score (nSPS) is 19.5. The maximum atomic E-state index is 11.2. The van der Waals surface area contributed by atoms with Gasteiger partial charge in [0.25, 0.3) is 0 Å². The van der Waals surface area contributed by atoms with Crippen LogP contribution in [0.2, 0.25) is 0 Å². The fraction of sp³-hybridized carbons (Fsp3) is 0.250. The number of hydrogen-bond acceptors (Lipinski definition) is 4. The Bertz CT molecular complexity index is 867. The molecule has 1 aromatic rings. The fourth-order valence-corrected chi connectivity index (χ4v) is 3.17. The number of allylic oxidation sites excluding steroid dienone is 2. The molecular weight excluding hydrogens is 388 g/mol. The molecular formula is C20H21ClO7. The number of halogens is 1. The second-order valence-corrected chi connectivity index (χ2v) is 6.58. The fourth-order valence-electron chi connectivity index (χ4n) is 2.92. The largest absolute Gasteiger partial charge is 0.481 e. The highest BCUT2D eigenvalue weighted by atomic mass is 35.5. The van der Waals surface area contributed by atoms with Crippen LogP contribution in [0.25, 0.3) is 6.08 Å². The maximum Gasteiger partial charge on any atom is 0.334 e. The van der Waals surface area contributed by atoms with Crippen molar-refractivity contribution in [2.75, 3.05) is 7.11 Å². The zero-order chi connectivity index (χ0) is 20.1. The molecule has 0 spiro atoms. The van der Waals surface area contributed by atoms with Crippen molar-refractivity contribution in [3.63, 3.8) is 0 Å². The Balaban J connectivity index is 0.000000271. The van der Waals surface area contributed by atoms with Crippen LogP contribution in [0.5, 0.6) is 0 Å². The molecule has 150 valence electrons. The van der Waals surface area contributed by atoms with E-state index in [1.54, 1.807) is 6.92 Å². The van der Waals surface area contributed by atoms with Crippen LogP contribution in [-0.2, 0) is 25.5 Å². The van der Waals surface area contributed by atoms with Crippen molar-refractivity contribution >= 4 is 35.6 Å². The summed E-state index contributed by atoms with van der Waals surface area (Å²) in [7, 11) is 1.41. The number of methoxy groups -OCH3 is 1. The van der Waals surface area contributed by atoms with E-state index in [-0.39, 0.29) is 22.1 Å². The van der Waals surface area contributed by atoms with Crippen LogP contribution in [0.1, 0.15) is 18.1 Å². The lowest BCUT2D eigenvalue weighted by molar-refractivity contribution is -0.141. The van der Waals surface area contributed by atoms with Crippen molar-refractivity contribution in [3.8, 4) is 0 Å². The van der Waals surface area contributed by atoms with Gasteiger partial charge in [-0.25, -0.2) is 9.59 Å². The van der Waals surface area contributed by atoms with E-state index >= 15 is 0 Å². The summed E-state index contributed by atoms with van der Waals surface area (Å²) in [5.41, 5.74) is 3.10. The van der Waals surface area contributed by atoms with Gasteiger partial charge in [-0.05, 0) is 23.3 Å². The highest BCUT2D eigenvalue weighted by Gasteiger charge is 2.31. The number of benzene rings is 1. The number of rotatable bonds is 3. The van der Waals surface area contributed by atoms with Crippen LogP contribution in [0.4, 0.5) is 0 Å². The second kappa shape index (κ2) is 9.87. The van der Waals surface area contributed by atoms with Crippen LogP contribution in [0, 0.1) is 11.8 Å². The average Bonchev–Trinajstić information content (AvgIpc) is 3.07. The Morgan fingerprint density at radius 2 is 1.79 bits per heavy atom. The van der Waals surface area contributed by atoms with Crippen molar-refractivity contribution in [1.82, 2.24) is 0 Å². The monoisotopic (exact) mass is 408 g/mol. The highest BCUT2D eigenvalue weighted by Crippen LogP contribution is 2.30. The summed E-state index contributed by atoms with van der Waals surface area (Å²) in [6.45, 7) is 1.55. The van der Waals surface area contributed by atoms with Crippen molar-refractivity contribution in [1.29, 1.82) is 0 Å². The van der Waals surface area contributed by atoms with Crippen molar-refractivity contribution in [3.05, 3.63) is 63.7 Å². The smallest absolute Gasteiger partial charge is 0.334 e. The topological polar surface area (TPSA) is 132 Å². The third-order valence-corrected chi connectivity index (χ3v) is 4.64. The molecule has 0 saturated heterocycles. The van der Waals surface area contributed by atoms with E-state index in [1.165, 1.54) is 24.8 Å². The molecule has 0 aliphatic heterocycles. The average molecular weight is 409 g/mol. The molecule has 8 heteroatoms. The quantitative estimate of drug-likeness (QED) is 0.738. The van der Waals surface area contributed by atoms with Crippen molar-refractivity contribution in [2.45, 2.75) is 13.3 Å². The first-order chi connectivity index (χ1) is 12.7. The molecule has 3 rings (SSSR count). The minimum absolute atomic E-state index is 0. The maximum absolute atomic E-state index is 11.2. The van der Waals surface area contributed by atoms with Crippen LogP contribution in [0.15, 0.2) is 52.6 Å². The number of carboxylic acids is 2. The van der Waals surface area contributed by atoms with Crippen LogP contribution in [-0.4, -0.2) is 40.7 Å². The number of carbonyl (C=O) groups excluding carboxylic acids is 1. The van der Waals surface area contributed by atoms with Crippen molar-refractivity contribution < 1.29 is 34.8 Å². The SMILES string of the molecule is CC1C(C(=O)O)=CC(Cl)=CC1C(=O)O.COC(=O)C1=Cc2ccccc2C1.O. The predicted octanol–water partition coefficient (Wildman–Crippen LogP) is 2.45. The van der Waals surface area contributed by atoms with Gasteiger partial charge in [0.1, 0.15) is 0 Å². The molecule has 1 aromatic carbocycles. The van der Waals surface area contributed by atoms with Crippen molar-refractivity contribution in [2.24, 2.45) is 11.8 Å². The van der Waals surface area contributed by atoms with E-state index in [0.717, 1.165) is 11.1 Å². The summed E-state index contributed by atoms with van der Waals surface area (Å²) in [5, 5.41) is 17.7. The Hall–Kier alpha value is -2.90. The lowest BCUT2D eigenvalue weighted by Gasteiger charge is -2.21. The molecule has 2 atom stereocenters. The molecule has 0 saturated carbocycles. The molecule has 0 amide bonds. The second-order valence-electron chi connectivity index (χ2n) is 6.15. The summed E-state index contributed by atoms with van der Waals surface area (Å²) < 4.78 is 4.66. The van der Waals surface area contributed by atoms with Gasteiger partial charge in [0.05, 0.1) is 13.0 Å². The lowest BCUT2D eigenvalue weighted by atomic mass is 9.83. The number of carbonyl (C=O) groups is 3. The molecule has 0 fully saturated rings. The van der Waals surface area contributed by atoms with E-state index < -0.39 is 23.8 Å². The molecule has 7 nitrogen and oxygen atoms in total. The molecule has 2 aliphatic rings. The number of ether oxygens (including phenoxy) is 1. The molecule has 4 N–H and O–H groups in total. The van der Waals surface area contributed by atoms with Crippen LogP contribution < -0.4 is 0 Å². The summed E-state index contributed by atoms with van der Waals surface area (Å²) >= 11 is 5.62. The van der Waals surface area contributed by atoms with Gasteiger partial charge in [-0.15, -0.1) is 0 Å². The van der Waals surface area contributed by atoms with Gasteiger partial charge in [0.2, 0.25) is 0 Å². The van der Waals surface area contributed by atoms with E-state index in [0.29, 0.717) is 6.42 Å². The third kappa shape index (κ3) is 5.31. The number of esters is 1. The van der Waals surface area contributed by atoms with Gasteiger partial charge in [-0.3, -0.25) is 4.79 Å². The first-order valence-electron chi connectivity index (χ1n) is 8.16. The van der Waals surface area contributed by atoms with Crippen LogP contribution in [0.3, 0.4) is 0 Å². The molecule has 0 bridgehead atoms. The lowest BCUT2D eigenvalue weighted by Crippen LogP contribution is -2.26. The highest BCUT2D eigenvalue weighted by molar-refractivity contribution is 6.31. The molecule has 28 heavy (non-hydrogen) atoms. The standard InChI is InChI=1S/C11H10O2.C9H9ClO4.H2O/c1-13-11(12)10-6-8-4-2-3-5-9(8)7-10;1-4-6(8(11)12)2-5(10)3-7(4)9(13)14;/h2-6H,7H2,1H3;2-4,6H,1H3,(H,11,12)(H,13,14);1H2. The van der Waals surface area contributed by atoms with Gasteiger partial charge in [-0.2, -0.15) is 0 Å². The summed E-state index contributed by atoms with van der Waals surface area (Å²) in [5.74, 6) is -3.85. The first kappa shape index (κ1) is 23.1. The Morgan fingerprint density at radius 3 is 2.32 bits per heavy atom. The van der Waals surface area contributed by atoms with Gasteiger partial charge >= 0.3 is 17.9 Å². The molecule has 0 radical (unpaired) electrons. The minimum atomic E-state index is -1.13. The van der Waals surface area contributed by atoms with E-state index in [4.69, 9.17) is 21.8 Å². The predicted molar refractivity (Wildman–Crippen MR) is 104 cm³/mol. The van der Waals surface area contributed by atoms with Gasteiger partial charge in [-0.1, -0.05) is 48.9 Å². The first-order valence-corrected chi connectivity index (χ1v) is 8.54. The third-order valence-electron chi connectivity index (χ3n) is 4.41. The summed E-state index contributed by atoms with van der Waals surface area (Å²) in [6, 6.07) is 7.98. The Morgan fingerprint density at radius 1 is 1.14 bits per heavy atom. The molecule has 2 aliphatic carbocycles. The van der Waals surface area contributed by atoms with Gasteiger partial charge < -0.3 is 20.4 Å². The Labute approximate surface area is 166 Å². The number of hydrogen-bond donors (Lipinski definition) is 2. The molecule has 0 heterocycles. The van der Waals surface area contributed by atoms with Crippen LogP contribution >= 0.6 is 11.6 Å². The zero-order valence-electron chi connectivity index (χ0n) is 15.3. The number of carboxylic acid groups (broad SMARTS) is 2. The molecule has 0 aromatic heterocycles. The van der Waals surface area contributed by atoms with Gasteiger partial charge in [0.15, 0.2) is 0 Å². The minimum Gasteiger partial charge on any atom is -0.481 e. The summed E-state index contributed by atoms with van der Waals surface area (Å²) in [4.78, 5) is 32.7. The molecule has 2 unspecified atom stereocenters. The zero-order valence-corrected chi connectivity index (χ0v) is 16.1. The van der Waals surface area contributed by atoms with E-state index in [9.17, 15) is 14.4 Å². The van der Waals surface area contributed by atoms with E-state index in [2.05, 4.69) is 4.74 Å². The Kier molecular flexibility index (Phi) is 8.16. The number of aliphatic carboxylic acids is 2. The van der Waals surface area contributed by atoms with Gasteiger partial charge in [0, 0.05) is 28.5 Å². The van der Waals surface area contributed by atoms with E-state index in [1.807, 2.05) is 30.3 Å². The number of fused-ring (bicyclic) bond motifs is 1.